The Labute approximate surface area is 95.7 Å². The van der Waals surface area contributed by atoms with Crippen LogP contribution in [0, 0.1) is 6.07 Å². The fraction of sp³-hybridized carbons (Fsp3) is 0.333. The molecular formula is C9H11BrO2Zn. The Hall–Kier alpha value is -0.0766. The molecular weight excluding hydrogens is 285 g/mol. The Balaban J connectivity index is 0.000000671. The molecule has 0 amide bonds. The maximum atomic E-state index is 5.27. The molecule has 0 fully saturated rings. The van der Waals surface area contributed by atoms with Crippen LogP contribution < -0.4 is 9.47 Å². The Morgan fingerprint density at radius 1 is 1.46 bits per heavy atom. The van der Waals surface area contributed by atoms with E-state index < -0.39 is 0 Å². The molecule has 0 unspecified atom stereocenters. The van der Waals surface area contributed by atoms with Gasteiger partial charge in [-0.3, -0.25) is 0 Å². The molecule has 4 heteroatoms. The van der Waals surface area contributed by atoms with Crippen LogP contribution in [0.4, 0.5) is 0 Å². The van der Waals surface area contributed by atoms with E-state index in [0.29, 0.717) is 6.61 Å². The molecule has 0 saturated carbocycles. The number of ether oxygens (including phenoxy) is 2. The number of halogens is 1. The quantitative estimate of drug-likeness (QED) is 0.631. The molecule has 0 aromatic heterocycles. The summed E-state index contributed by atoms with van der Waals surface area (Å²) in [6.07, 6.45) is 0. The molecule has 0 aliphatic rings. The van der Waals surface area contributed by atoms with E-state index in [9.17, 15) is 0 Å². The summed E-state index contributed by atoms with van der Waals surface area (Å²) >= 11 is 4.25. The molecule has 2 nitrogen and oxygen atoms in total. The van der Waals surface area contributed by atoms with Crippen molar-refractivity contribution in [1.82, 2.24) is 0 Å². The Morgan fingerprint density at radius 2 is 2.15 bits per heavy atom. The second-order valence-corrected chi connectivity index (χ2v) is 2.01. The van der Waals surface area contributed by atoms with Crippen molar-refractivity contribution in [2.45, 2.75) is 6.92 Å². The van der Waals surface area contributed by atoms with Gasteiger partial charge in [-0.25, -0.2) is 0 Å². The fourth-order valence-corrected chi connectivity index (χ4v) is 0.838. The molecule has 0 bridgehead atoms. The molecule has 0 radical (unpaired) electrons. The molecule has 0 spiro atoms. The molecule has 0 heterocycles. The molecule has 0 aliphatic heterocycles. The molecule has 1 aromatic carbocycles. The molecule has 68 valence electrons. The van der Waals surface area contributed by atoms with E-state index in [1.165, 1.54) is 16.3 Å². The number of hydrogen-bond donors (Lipinski definition) is 0. The first-order valence-electron chi connectivity index (χ1n) is 3.82. The summed E-state index contributed by atoms with van der Waals surface area (Å²) in [5.74, 6) is 1.50. The van der Waals surface area contributed by atoms with Crippen molar-refractivity contribution < 1.29 is 25.8 Å². The summed E-state index contributed by atoms with van der Waals surface area (Å²) in [4.78, 5) is 0. The number of methoxy groups -OCH3 is 1. The van der Waals surface area contributed by atoms with Crippen LogP contribution in [0.2, 0.25) is 0 Å². The Kier molecular flexibility index (Phi) is 8.47. The van der Waals surface area contributed by atoms with Gasteiger partial charge in [0.15, 0.2) is 0 Å². The van der Waals surface area contributed by atoms with E-state index in [1.807, 2.05) is 13.0 Å². The molecule has 0 N–H and O–H groups in total. The van der Waals surface area contributed by atoms with Crippen molar-refractivity contribution in [1.29, 1.82) is 0 Å². The van der Waals surface area contributed by atoms with Crippen LogP contribution in [0.5, 0.6) is 11.5 Å². The third kappa shape index (κ3) is 4.63. The van der Waals surface area contributed by atoms with E-state index in [-0.39, 0.29) is 0 Å². The first-order chi connectivity index (χ1) is 6.38. The van der Waals surface area contributed by atoms with Crippen molar-refractivity contribution in [2.24, 2.45) is 0 Å². The standard InChI is InChI=1S/C9H11O2.BrH.Zn/c1-3-11-9-7-5-4-6-8(9)10-2;;/h4,6-7H,3H2,1-2H3;1H;/q-1;;+2/p-1. The van der Waals surface area contributed by atoms with E-state index >= 15 is 0 Å². The van der Waals surface area contributed by atoms with Gasteiger partial charge in [0.1, 0.15) is 0 Å². The van der Waals surface area contributed by atoms with E-state index in [1.54, 1.807) is 19.2 Å². The third-order valence-corrected chi connectivity index (χ3v) is 1.31. The molecule has 0 atom stereocenters. The fourth-order valence-electron chi connectivity index (χ4n) is 0.838. The van der Waals surface area contributed by atoms with E-state index in [4.69, 9.17) is 9.47 Å². The zero-order chi connectivity index (χ0) is 10.1. The van der Waals surface area contributed by atoms with Crippen molar-refractivity contribution in [3.05, 3.63) is 24.3 Å². The third-order valence-electron chi connectivity index (χ3n) is 1.31. The normalized spacial score (nSPS) is 8.38. The van der Waals surface area contributed by atoms with Gasteiger partial charge in [-0.2, -0.15) is 12.1 Å². The van der Waals surface area contributed by atoms with Crippen LogP contribution in [-0.4, -0.2) is 13.7 Å². The molecule has 1 rings (SSSR count). The van der Waals surface area contributed by atoms with Gasteiger partial charge >= 0.3 is 30.0 Å². The predicted octanol–water partition coefficient (Wildman–Crippen LogP) is 2.74. The average molecular weight is 296 g/mol. The van der Waals surface area contributed by atoms with Crippen LogP contribution in [-0.2, 0) is 16.3 Å². The van der Waals surface area contributed by atoms with Gasteiger partial charge in [0.05, 0.1) is 19.5 Å². The zero-order valence-electron chi connectivity index (χ0n) is 7.84. The van der Waals surface area contributed by atoms with Crippen molar-refractivity contribution in [3.63, 3.8) is 0 Å². The second-order valence-electron chi connectivity index (χ2n) is 2.01. The Morgan fingerprint density at radius 3 is 2.69 bits per heavy atom. The molecule has 0 saturated heterocycles. The Bertz CT molecular complexity index is 231. The van der Waals surface area contributed by atoms with Gasteiger partial charge in [-0.15, -0.1) is 12.1 Å². The van der Waals surface area contributed by atoms with Crippen molar-refractivity contribution >= 4 is 13.6 Å². The first kappa shape index (κ1) is 12.9. The topological polar surface area (TPSA) is 18.5 Å². The van der Waals surface area contributed by atoms with Gasteiger partial charge in [0.2, 0.25) is 0 Å². The van der Waals surface area contributed by atoms with Crippen molar-refractivity contribution in [3.8, 4) is 11.5 Å². The average Bonchev–Trinajstić information content (AvgIpc) is 2.22. The number of rotatable bonds is 3. The van der Waals surface area contributed by atoms with Gasteiger partial charge in [-0.1, -0.05) is 0 Å². The SMILES string of the molecule is CCOc1c[c-]ccc1OC.[Zn+][Br]. The van der Waals surface area contributed by atoms with Gasteiger partial charge in [0, 0.05) is 5.75 Å². The zero-order valence-corrected chi connectivity index (χ0v) is 12.4. The van der Waals surface area contributed by atoms with Gasteiger partial charge in [0.25, 0.3) is 0 Å². The van der Waals surface area contributed by atoms with E-state index in [0.717, 1.165) is 11.5 Å². The summed E-state index contributed by atoms with van der Waals surface area (Å²) in [5.41, 5.74) is 0. The molecule has 13 heavy (non-hydrogen) atoms. The summed E-state index contributed by atoms with van der Waals surface area (Å²) in [6, 6.07) is 8.30. The molecule has 0 aliphatic carbocycles. The van der Waals surface area contributed by atoms with Crippen LogP contribution in [0.15, 0.2) is 18.2 Å². The summed E-state index contributed by atoms with van der Waals surface area (Å²) in [6.45, 7) is 2.58. The number of hydrogen-bond acceptors (Lipinski definition) is 2. The van der Waals surface area contributed by atoms with Gasteiger partial charge < -0.3 is 9.47 Å². The second kappa shape index (κ2) is 8.52. The predicted molar refractivity (Wildman–Crippen MR) is 51.9 cm³/mol. The van der Waals surface area contributed by atoms with Crippen LogP contribution in [0.3, 0.4) is 0 Å². The molecule has 1 aromatic rings. The van der Waals surface area contributed by atoms with E-state index in [2.05, 4.69) is 19.7 Å². The van der Waals surface area contributed by atoms with Crippen molar-refractivity contribution in [2.75, 3.05) is 13.7 Å². The van der Waals surface area contributed by atoms with Crippen LogP contribution in [0.25, 0.3) is 0 Å². The maximum absolute atomic E-state index is 5.27. The monoisotopic (exact) mass is 294 g/mol. The van der Waals surface area contributed by atoms with Crippen LogP contribution in [0.1, 0.15) is 6.92 Å². The minimum atomic E-state index is 0.647. The van der Waals surface area contributed by atoms with Gasteiger partial charge in [-0.05, 0) is 6.92 Å². The summed E-state index contributed by atoms with van der Waals surface area (Å²) < 4.78 is 10.3. The minimum absolute atomic E-state index is 0.647. The van der Waals surface area contributed by atoms with Crippen LogP contribution >= 0.6 is 13.6 Å². The summed E-state index contributed by atoms with van der Waals surface area (Å²) in [5, 5.41) is 0. The first-order valence-corrected chi connectivity index (χ1v) is 10.8. The summed E-state index contributed by atoms with van der Waals surface area (Å²) in [7, 11) is 1.62. The number of benzene rings is 1.